The van der Waals surface area contributed by atoms with Crippen molar-refractivity contribution in [3.8, 4) is 0 Å². The van der Waals surface area contributed by atoms with E-state index in [0.29, 0.717) is 11.1 Å². The summed E-state index contributed by atoms with van der Waals surface area (Å²) in [4.78, 5) is 25.2. The van der Waals surface area contributed by atoms with Crippen LogP contribution in [-0.4, -0.2) is 31.0 Å². The van der Waals surface area contributed by atoms with Gasteiger partial charge in [0.25, 0.3) is 0 Å². The number of ketones is 1. The van der Waals surface area contributed by atoms with Gasteiger partial charge in [0.05, 0.1) is 0 Å². The van der Waals surface area contributed by atoms with Crippen LogP contribution in [0.15, 0.2) is 47.6 Å². The van der Waals surface area contributed by atoms with Gasteiger partial charge in [-0.3, -0.25) is 14.8 Å². The maximum Gasteiger partial charge on any atom is 0.247 e. The van der Waals surface area contributed by atoms with Crippen molar-refractivity contribution in [1.82, 2.24) is 5.48 Å². The van der Waals surface area contributed by atoms with Gasteiger partial charge in [-0.2, -0.15) is 0 Å². The Kier molecular flexibility index (Phi) is 6.53. The molecule has 0 bridgehead atoms. The highest BCUT2D eigenvalue weighted by Gasteiger charge is 2.08. The third kappa shape index (κ3) is 5.18. The Morgan fingerprint density at radius 2 is 1.77 bits per heavy atom. The fraction of sp³-hybridized carbons (Fsp3) is 0.294. The fourth-order valence-corrected chi connectivity index (χ4v) is 1.90. The summed E-state index contributed by atoms with van der Waals surface area (Å²) < 4.78 is 0. The van der Waals surface area contributed by atoms with Crippen LogP contribution in [0.3, 0.4) is 0 Å². The van der Waals surface area contributed by atoms with E-state index in [-0.39, 0.29) is 12.2 Å². The highest BCUT2D eigenvalue weighted by molar-refractivity contribution is 6.08. The van der Waals surface area contributed by atoms with Crippen LogP contribution in [0.1, 0.15) is 30.6 Å². The van der Waals surface area contributed by atoms with Crippen LogP contribution >= 0.6 is 0 Å². The lowest BCUT2D eigenvalue weighted by Crippen LogP contribution is -2.17. The van der Waals surface area contributed by atoms with Crippen LogP contribution in [-0.2, 0) is 4.79 Å². The van der Waals surface area contributed by atoms with E-state index in [9.17, 15) is 9.59 Å². The number of amides is 1. The van der Waals surface area contributed by atoms with Crippen molar-refractivity contribution in [1.29, 1.82) is 0 Å². The number of anilines is 1. The number of benzene rings is 1. The molecule has 1 aromatic carbocycles. The fourth-order valence-electron chi connectivity index (χ4n) is 1.90. The summed E-state index contributed by atoms with van der Waals surface area (Å²) in [5.41, 5.74) is 4.60. The Bertz CT molecular complexity index is 599. The molecule has 0 aliphatic heterocycles. The van der Waals surface area contributed by atoms with Crippen LogP contribution in [0.4, 0.5) is 5.69 Å². The molecule has 0 aliphatic rings. The van der Waals surface area contributed by atoms with Crippen LogP contribution < -0.4 is 10.4 Å². The van der Waals surface area contributed by atoms with Crippen molar-refractivity contribution >= 4 is 17.4 Å². The summed E-state index contributed by atoms with van der Waals surface area (Å²) in [5.74, 6) is -0.541. The first-order valence-corrected chi connectivity index (χ1v) is 6.95. The summed E-state index contributed by atoms with van der Waals surface area (Å²) in [6, 6.07) is 7.39. The number of hydrogen-bond acceptors (Lipinski definition) is 4. The van der Waals surface area contributed by atoms with Gasteiger partial charge in [-0.15, -0.1) is 0 Å². The number of nitrogens with one attached hydrogen (secondary N) is 1. The molecule has 1 rings (SSSR count). The number of hydrogen-bond donors (Lipinski definition) is 2. The van der Waals surface area contributed by atoms with Crippen molar-refractivity contribution in [2.75, 3.05) is 19.0 Å². The molecule has 22 heavy (non-hydrogen) atoms. The van der Waals surface area contributed by atoms with Crippen molar-refractivity contribution in [2.24, 2.45) is 0 Å². The van der Waals surface area contributed by atoms with E-state index < -0.39 is 5.91 Å². The molecule has 5 heteroatoms. The van der Waals surface area contributed by atoms with Gasteiger partial charge in [-0.05, 0) is 43.7 Å². The molecule has 2 N–H and O–H groups in total. The molecule has 0 unspecified atom stereocenters. The Hall–Kier alpha value is -2.40. The first-order valence-electron chi connectivity index (χ1n) is 6.95. The van der Waals surface area contributed by atoms with Gasteiger partial charge in [0, 0.05) is 31.8 Å². The van der Waals surface area contributed by atoms with Gasteiger partial charge in [-0.25, -0.2) is 5.48 Å². The summed E-state index contributed by atoms with van der Waals surface area (Å²) in [5, 5.41) is 8.43. The van der Waals surface area contributed by atoms with E-state index in [1.54, 1.807) is 43.6 Å². The smallest absolute Gasteiger partial charge is 0.247 e. The first kappa shape index (κ1) is 17.7. The van der Waals surface area contributed by atoms with E-state index >= 15 is 0 Å². The highest BCUT2D eigenvalue weighted by Crippen LogP contribution is 2.16. The molecular formula is C17H22N2O3. The summed E-state index contributed by atoms with van der Waals surface area (Å²) in [6.45, 7) is 3.54. The molecule has 0 atom stereocenters. The van der Waals surface area contributed by atoms with Crippen molar-refractivity contribution in [3.05, 3.63) is 53.1 Å². The maximum atomic E-state index is 12.3. The normalized spacial score (nSPS) is 12.0. The SMILES string of the molecule is CC(=CCC(=O)NO)/C=C(\C)C(=O)c1ccc(N(C)C)cc1. The molecular weight excluding hydrogens is 280 g/mol. The minimum absolute atomic E-state index is 0.0512. The molecule has 5 nitrogen and oxygen atoms in total. The van der Waals surface area contributed by atoms with E-state index in [4.69, 9.17) is 5.21 Å². The van der Waals surface area contributed by atoms with Crippen LogP contribution in [0.25, 0.3) is 0 Å². The van der Waals surface area contributed by atoms with E-state index in [1.165, 1.54) is 0 Å². The lowest BCUT2D eigenvalue weighted by molar-refractivity contribution is -0.128. The summed E-state index contributed by atoms with van der Waals surface area (Å²) in [6.07, 6.45) is 3.45. The molecule has 0 aromatic heterocycles. The number of hydroxylamine groups is 1. The quantitative estimate of drug-likeness (QED) is 0.279. The highest BCUT2D eigenvalue weighted by atomic mass is 16.5. The van der Waals surface area contributed by atoms with Gasteiger partial charge in [0.2, 0.25) is 5.91 Å². The number of allylic oxidation sites excluding steroid dienone is 3. The predicted octanol–water partition coefficient (Wildman–Crippen LogP) is 2.72. The minimum Gasteiger partial charge on any atom is -0.378 e. The largest absolute Gasteiger partial charge is 0.378 e. The predicted molar refractivity (Wildman–Crippen MR) is 87.2 cm³/mol. The topological polar surface area (TPSA) is 69.6 Å². The summed E-state index contributed by atoms with van der Waals surface area (Å²) in [7, 11) is 3.89. The zero-order valence-electron chi connectivity index (χ0n) is 13.4. The van der Waals surface area contributed by atoms with Gasteiger partial charge in [0.15, 0.2) is 5.78 Å². The molecule has 0 heterocycles. The zero-order valence-corrected chi connectivity index (χ0v) is 13.4. The second-order valence-electron chi connectivity index (χ2n) is 5.29. The molecule has 118 valence electrons. The minimum atomic E-state index is -0.490. The second kappa shape index (κ2) is 8.14. The number of rotatable bonds is 6. The van der Waals surface area contributed by atoms with E-state index in [1.807, 2.05) is 31.1 Å². The Morgan fingerprint density at radius 1 is 1.18 bits per heavy atom. The third-order valence-electron chi connectivity index (χ3n) is 3.18. The third-order valence-corrected chi connectivity index (χ3v) is 3.18. The molecule has 0 radical (unpaired) electrons. The summed E-state index contributed by atoms with van der Waals surface area (Å²) >= 11 is 0. The number of nitrogens with zero attached hydrogens (tertiary/aromatic N) is 1. The van der Waals surface area contributed by atoms with Crippen molar-refractivity contribution in [3.63, 3.8) is 0 Å². The number of Topliss-reactive ketones (excluding diaryl/α,β-unsaturated/α-hetero) is 1. The van der Waals surface area contributed by atoms with Crippen LogP contribution in [0, 0.1) is 0 Å². The van der Waals surface area contributed by atoms with Crippen molar-refractivity contribution < 1.29 is 14.8 Å². The maximum absolute atomic E-state index is 12.3. The van der Waals surface area contributed by atoms with Crippen LogP contribution in [0.2, 0.25) is 0 Å². The van der Waals surface area contributed by atoms with Crippen LogP contribution in [0.5, 0.6) is 0 Å². The molecule has 0 fully saturated rings. The molecule has 0 aliphatic carbocycles. The average molecular weight is 302 g/mol. The van der Waals surface area contributed by atoms with Crippen molar-refractivity contribution in [2.45, 2.75) is 20.3 Å². The Labute approximate surface area is 130 Å². The lowest BCUT2D eigenvalue weighted by Gasteiger charge is -2.12. The zero-order chi connectivity index (χ0) is 16.7. The van der Waals surface area contributed by atoms with E-state index in [2.05, 4.69) is 0 Å². The monoisotopic (exact) mass is 302 g/mol. The molecule has 0 saturated carbocycles. The number of carbonyl (C=O) groups excluding carboxylic acids is 2. The second-order valence-corrected chi connectivity index (χ2v) is 5.29. The first-order chi connectivity index (χ1) is 10.3. The molecule has 0 spiro atoms. The Morgan fingerprint density at radius 3 is 2.27 bits per heavy atom. The average Bonchev–Trinajstić information content (AvgIpc) is 2.51. The Balaban J connectivity index is 2.83. The van der Waals surface area contributed by atoms with Gasteiger partial charge >= 0.3 is 0 Å². The molecule has 1 amide bonds. The number of carbonyl (C=O) groups is 2. The molecule has 1 aromatic rings. The molecule has 0 saturated heterocycles. The lowest BCUT2D eigenvalue weighted by atomic mass is 10.0. The van der Waals surface area contributed by atoms with Gasteiger partial charge in [-0.1, -0.05) is 17.7 Å². The van der Waals surface area contributed by atoms with Gasteiger partial charge < -0.3 is 4.90 Å². The van der Waals surface area contributed by atoms with E-state index in [0.717, 1.165) is 11.3 Å². The standard InChI is InChI=1S/C17H22N2O3/c1-12(5-10-16(20)18-22)11-13(2)17(21)14-6-8-15(9-7-14)19(3)4/h5-9,11,22H,10H2,1-4H3,(H,18,20)/b12-5?,13-11+. The van der Waals surface area contributed by atoms with Gasteiger partial charge in [0.1, 0.15) is 0 Å².